The molecule has 69 heavy (non-hydrogen) atoms. The van der Waals surface area contributed by atoms with Crippen LogP contribution < -0.4 is 18.9 Å². The van der Waals surface area contributed by atoms with Gasteiger partial charge in [0.25, 0.3) is 0 Å². The summed E-state index contributed by atoms with van der Waals surface area (Å²) in [6.45, 7) is 18.7. The number of allylic oxidation sites excluding steroid dienone is 1. The fourth-order valence-electron chi connectivity index (χ4n) is 13.3. The molecule has 0 aliphatic heterocycles. The van der Waals surface area contributed by atoms with Crippen molar-refractivity contribution in [2.24, 2.45) is 46.3 Å². The van der Waals surface area contributed by atoms with Gasteiger partial charge in [-0.2, -0.15) is 0 Å². The molecular weight excluding hydrogens is 857 g/mol. The lowest BCUT2D eigenvalue weighted by atomic mass is 9.47. The van der Waals surface area contributed by atoms with Crippen LogP contribution in [0.4, 0.5) is 0 Å². The number of fused-ring (bicyclic) bond motifs is 5. The van der Waals surface area contributed by atoms with E-state index in [9.17, 15) is 9.59 Å². The normalized spacial score (nSPS) is 25.6. The Kier molecular flexibility index (Phi) is 22.0. The molecule has 2 aromatic carbocycles. The highest BCUT2D eigenvalue weighted by atomic mass is 16.5. The van der Waals surface area contributed by atoms with Crippen LogP contribution in [0.25, 0.3) is 6.08 Å². The highest BCUT2D eigenvalue weighted by Crippen LogP contribution is 2.67. The van der Waals surface area contributed by atoms with E-state index in [1.54, 1.807) is 35.9 Å². The molecule has 7 nitrogen and oxygen atoms in total. The lowest BCUT2D eigenvalue weighted by Gasteiger charge is -2.58. The molecule has 0 aromatic heterocycles. The maximum absolute atomic E-state index is 13.1. The minimum absolute atomic E-state index is 0.0262. The van der Waals surface area contributed by atoms with Gasteiger partial charge in [-0.05, 0) is 159 Å². The second kappa shape index (κ2) is 27.8. The van der Waals surface area contributed by atoms with Crippen molar-refractivity contribution in [2.75, 3.05) is 19.8 Å². The number of rotatable bonds is 30. The average molecular weight is 951 g/mol. The van der Waals surface area contributed by atoms with Crippen LogP contribution in [0, 0.1) is 46.3 Å². The summed E-state index contributed by atoms with van der Waals surface area (Å²) in [5.41, 5.74) is 3.15. The Morgan fingerprint density at radius 3 is 2.06 bits per heavy atom. The van der Waals surface area contributed by atoms with Crippen molar-refractivity contribution in [3.8, 4) is 23.0 Å². The van der Waals surface area contributed by atoms with Crippen LogP contribution in [0.3, 0.4) is 0 Å². The lowest BCUT2D eigenvalue weighted by molar-refractivity contribution is -0.151. The van der Waals surface area contributed by atoms with Crippen LogP contribution in [-0.4, -0.2) is 37.9 Å². The number of hydrogen-bond donors (Lipinski definition) is 0. The van der Waals surface area contributed by atoms with Gasteiger partial charge in [0.1, 0.15) is 17.6 Å². The van der Waals surface area contributed by atoms with Crippen molar-refractivity contribution in [3.05, 3.63) is 65.8 Å². The number of carbonyl (C=O) groups is 2. The van der Waals surface area contributed by atoms with Gasteiger partial charge in [0.15, 0.2) is 11.5 Å². The number of benzene rings is 2. The number of carbonyl (C=O) groups excluding carboxylic acids is 2. The topological polar surface area (TPSA) is 80.3 Å². The molecule has 0 heterocycles. The van der Waals surface area contributed by atoms with Crippen molar-refractivity contribution in [1.29, 1.82) is 0 Å². The van der Waals surface area contributed by atoms with Gasteiger partial charge in [-0.15, -0.1) is 0 Å². The van der Waals surface area contributed by atoms with E-state index in [1.807, 2.05) is 18.2 Å². The number of hydrogen-bond acceptors (Lipinski definition) is 7. The summed E-state index contributed by atoms with van der Waals surface area (Å²) in [4.78, 5) is 25.9. The fourth-order valence-corrected chi connectivity index (χ4v) is 13.3. The summed E-state index contributed by atoms with van der Waals surface area (Å²) < 4.78 is 30.1. The van der Waals surface area contributed by atoms with Crippen LogP contribution in [0.15, 0.2) is 60.2 Å². The Morgan fingerprint density at radius 1 is 0.681 bits per heavy atom. The molecule has 7 heteroatoms. The Bertz CT molecular complexity index is 1910. The Labute approximate surface area is 419 Å². The van der Waals surface area contributed by atoms with E-state index in [-0.39, 0.29) is 17.5 Å². The molecule has 6 rings (SSSR count). The first-order valence-electron chi connectivity index (χ1n) is 28.3. The first kappa shape index (κ1) is 54.6. The molecule has 0 unspecified atom stereocenters. The van der Waals surface area contributed by atoms with E-state index in [4.69, 9.17) is 23.7 Å². The van der Waals surface area contributed by atoms with E-state index in [0.29, 0.717) is 55.3 Å². The van der Waals surface area contributed by atoms with Gasteiger partial charge in [0.05, 0.1) is 19.8 Å². The van der Waals surface area contributed by atoms with Gasteiger partial charge in [-0.25, -0.2) is 4.79 Å². The van der Waals surface area contributed by atoms with Gasteiger partial charge in [0, 0.05) is 18.9 Å². The maximum Gasteiger partial charge on any atom is 0.336 e. The fraction of sp³-hybridized carbons (Fsp3) is 0.710. The first-order valence-corrected chi connectivity index (χ1v) is 28.3. The lowest BCUT2D eigenvalue weighted by Crippen LogP contribution is -2.51. The van der Waals surface area contributed by atoms with Crippen molar-refractivity contribution in [3.63, 3.8) is 0 Å². The zero-order valence-electron chi connectivity index (χ0n) is 44.5. The summed E-state index contributed by atoms with van der Waals surface area (Å²) in [6, 6.07) is 12.9. The molecular formula is C62H94O7. The van der Waals surface area contributed by atoms with Gasteiger partial charge in [-0.3, -0.25) is 4.79 Å². The Morgan fingerprint density at radius 2 is 1.35 bits per heavy atom. The van der Waals surface area contributed by atoms with Gasteiger partial charge in [-0.1, -0.05) is 150 Å². The Hall–Kier alpha value is -3.74. The molecule has 4 aliphatic rings. The predicted molar refractivity (Wildman–Crippen MR) is 283 cm³/mol. The van der Waals surface area contributed by atoms with Crippen LogP contribution in [-0.2, 0) is 14.3 Å². The molecule has 3 saturated carbocycles. The van der Waals surface area contributed by atoms with E-state index in [1.165, 1.54) is 115 Å². The number of esters is 2. The highest BCUT2D eigenvalue weighted by molar-refractivity contribution is 5.88. The summed E-state index contributed by atoms with van der Waals surface area (Å²) in [6.07, 6.45) is 35.0. The molecule has 0 amide bonds. The molecule has 384 valence electrons. The minimum Gasteiger partial charge on any atom is -0.494 e. The van der Waals surface area contributed by atoms with Crippen molar-refractivity contribution < 1.29 is 33.3 Å². The smallest absolute Gasteiger partial charge is 0.336 e. The van der Waals surface area contributed by atoms with Gasteiger partial charge < -0.3 is 23.7 Å². The summed E-state index contributed by atoms with van der Waals surface area (Å²) in [7, 11) is 0. The highest BCUT2D eigenvalue weighted by Gasteiger charge is 2.59. The zero-order chi connectivity index (χ0) is 49.1. The van der Waals surface area contributed by atoms with Crippen LogP contribution in [0.1, 0.15) is 215 Å². The van der Waals surface area contributed by atoms with E-state index in [0.717, 1.165) is 85.3 Å². The second-order valence-electron chi connectivity index (χ2n) is 22.8. The van der Waals surface area contributed by atoms with Gasteiger partial charge in [0.2, 0.25) is 0 Å². The molecule has 0 spiro atoms. The predicted octanol–water partition coefficient (Wildman–Crippen LogP) is 16.9. The molecule has 0 N–H and O–H groups in total. The molecule has 3 fully saturated rings. The molecule has 0 radical (unpaired) electrons. The SMILES string of the molecule is CCCCCCCCOc1ccc(/C=C/C(=O)Oc2ccc(OCCCC(=O)O[C@H]3CC[C@@]4(C)C(=CC[C@H]5[C@@H]6CC[C@H]([C@H](C)CCCC(C)C)[C@@]6(C)CC[C@@H]54)C3)cc2)cc1OCCCCCCCC. The zero-order valence-corrected chi connectivity index (χ0v) is 44.5. The van der Waals surface area contributed by atoms with Crippen LogP contribution in [0.2, 0.25) is 0 Å². The third kappa shape index (κ3) is 15.9. The average Bonchev–Trinajstić information content (AvgIpc) is 3.70. The number of ether oxygens (including phenoxy) is 5. The monoisotopic (exact) mass is 951 g/mol. The first-order chi connectivity index (χ1) is 33.4. The summed E-state index contributed by atoms with van der Waals surface area (Å²) in [5, 5.41) is 0. The van der Waals surface area contributed by atoms with Crippen molar-refractivity contribution >= 4 is 18.0 Å². The summed E-state index contributed by atoms with van der Waals surface area (Å²) >= 11 is 0. The molecule has 2 aromatic rings. The Balaban J connectivity index is 0.896. The van der Waals surface area contributed by atoms with Crippen LogP contribution >= 0.6 is 0 Å². The van der Waals surface area contributed by atoms with E-state index < -0.39 is 5.97 Å². The largest absolute Gasteiger partial charge is 0.494 e. The molecule has 0 saturated heterocycles. The molecule has 8 atom stereocenters. The van der Waals surface area contributed by atoms with E-state index >= 15 is 0 Å². The van der Waals surface area contributed by atoms with Crippen molar-refractivity contribution in [1.82, 2.24) is 0 Å². The third-order valence-corrected chi connectivity index (χ3v) is 17.3. The van der Waals surface area contributed by atoms with Crippen molar-refractivity contribution in [2.45, 2.75) is 215 Å². The molecule has 4 aliphatic carbocycles. The molecule has 0 bridgehead atoms. The second-order valence-corrected chi connectivity index (χ2v) is 22.8. The number of unbranched alkanes of at least 4 members (excludes halogenated alkanes) is 10. The quantitative estimate of drug-likeness (QED) is 0.0254. The minimum atomic E-state index is -0.469. The van der Waals surface area contributed by atoms with Crippen LogP contribution in [0.5, 0.6) is 23.0 Å². The summed E-state index contributed by atoms with van der Waals surface area (Å²) in [5.74, 6) is 6.90. The third-order valence-electron chi connectivity index (χ3n) is 17.3. The van der Waals surface area contributed by atoms with E-state index in [2.05, 4.69) is 54.5 Å². The maximum atomic E-state index is 13.1. The standard InChI is InChI=1S/C62H94O7/c1-8-10-12-14-16-18-41-66-57-35-25-48(44-58(57)67-42-19-17-15-13-11-9-2)26-36-60(64)68-51-30-28-50(29-31-51)65-43-21-24-59(63)69-52-37-39-61(6)49(45-52)27-32-53-55-34-33-54(47(5)23-20-22-46(3)4)62(55,7)40-38-56(53)61/h25-31,35-36,44,46-47,52-56H,8-24,32-34,37-43,45H2,1-7H3/b36-26+/t47-,52+,53+,54-,55+,56+,61+,62-/m1/s1. The van der Waals surface area contributed by atoms with Gasteiger partial charge >= 0.3 is 11.9 Å².